The van der Waals surface area contributed by atoms with Gasteiger partial charge in [-0.05, 0) is 121 Å². The molecule has 89 heavy (non-hydrogen) atoms. The minimum absolute atomic E-state index is 0.00327. The van der Waals surface area contributed by atoms with Gasteiger partial charge in [-0.1, -0.05) is 115 Å². The second-order valence-corrected chi connectivity index (χ2v) is 27.4. The Morgan fingerprint density at radius 3 is 1.47 bits per heavy atom. The van der Waals surface area contributed by atoms with E-state index < -0.39 is 156 Å². The molecule has 0 bridgehead atoms. The van der Waals surface area contributed by atoms with Gasteiger partial charge in [-0.3, -0.25) is 52.8 Å². The fraction of sp³-hybridized carbons (Fsp3) is 0.788. The van der Waals surface area contributed by atoms with Crippen LogP contribution >= 0.6 is 0 Å². The number of hydrogen-bond donors (Lipinski definition) is 6. The molecule has 0 radical (unpaired) electrons. The maximum absolute atomic E-state index is 15.3. The summed E-state index contributed by atoms with van der Waals surface area (Å²) in [6.45, 7) is 34.2. The molecule has 23 nitrogen and oxygen atoms in total. The van der Waals surface area contributed by atoms with Gasteiger partial charge in [0.1, 0.15) is 60.6 Å². The van der Waals surface area contributed by atoms with Gasteiger partial charge in [0.05, 0.1) is 18.2 Å². The molecule has 0 saturated carbocycles. The topological polar surface area (TPSA) is 282 Å². The third-order valence-electron chi connectivity index (χ3n) is 17.3. The van der Waals surface area contributed by atoms with Crippen molar-refractivity contribution in [1.82, 2.24) is 55.6 Å². The first-order chi connectivity index (χ1) is 41.2. The van der Waals surface area contributed by atoms with Gasteiger partial charge in [-0.2, -0.15) is 0 Å². The molecule has 1 fully saturated rings. The van der Waals surface area contributed by atoms with Crippen LogP contribution in [0.4, 0.5) is 0 Å². The zero-order valence-electron chi connectivity index (χ0n) is 58.8. The van der Waals surface area contributed by atoms with E-state index in [2.05, 4.69) is 27.8 Å². The molecule has 1 saturated heterocycles. The molecule has 0 aliphatic carbocycles. The fourth-order valence-corrected chi connectivity index (χ4v) is 11.5. The van der Waals surface area contributed by atoms with Crippen molar-refractivity contribution in [3.8, 4) is 0 Å². The predicted molar refractivity (Wildman–Crippen MR) is 348 cm³/mol. The minimum Gasteiger partial charge on any atom is -0.390 e. The summed E-state index contributed by atoms with van der Waals surface area (Å²) < 4.78 is 0. The molecule has 0 spiro atoms. The van der Waals surface area contributed by atoms with Crippen LogP contribution in [0.15, 0.2) is 24.8 Å². The first kappa shape index (κ1) is 81.1. The Hall–Kier alpha value is -5.94. The summed E-state index contributed by atoms with van der Waals surface area (Å²) in [5.41, 5.74) is 0. The Balaban J connectivity index is 4.46. The van der Waals surface area contributed by atoms with Crippen LogP contribution in [0, 0.1) is 41.4 Å². The van der Waals surface area contributed by atoms with Gasteiger partial charge in [0.25, 0.3) is 0 Å². The third-order valence-corrected chi connectivity index (χ3v) is 17.3. The van der Waals surface area contributed by atoms with Gasteiger partial charge < -0.3 is 60.9 Å². The summed E-state index contributed by atoms with van der Waals surface area (Å²) in [5, 5.41) is 35.8. The van der Waals surface area contributed by atoms with E-state index in [9.17, 15) is 43.8 Å². The largest absolute Gasteiger partial charge is 0.390 e. The molecule has 1 aliphatic rings. The third kappa shape index (κ3) is 22.7. The SMILES string of the molecule is C=CCC1C(=O)N(C)[C@@H](CC(C)C)C(=O)N[C@@H](C(C)C)C(=O)N(C)[C@@H](CCC(C)C)C(=O)N[C@@H](C)C(=O)N[C@H](C)C(=O)N(C)[C@@H](CC(C)C)C(O)N(C)C(CC(C)C)C(=O)N(C)[C@@H](C(C)C)C(=O)N(C)[C@@H]([C@H](O)[C@H](C)C/C=C/C)C(=O)N[C@@H](CC)C(=O)N1C. The molecular weight excluding hydrogens is 1140 g/mol. The lowest BCUT2D eigenvalue weighted by atomic mass is 9.91. The van der Waals surface area contributed by atoms with Crippen molar-refractivity contribution in [2.75, 3.05) is 49.3 Å². The highest BCUT2D eigenvalue weighted by molar-refractivity contribution is 5.99. The molecule has 3 unspecified atom stereocenters. The molecule has 0 aromatic heterocycles. The molecule has 6 N–H and O–H groups in total. The number of likely N-dealkylation sites (N-methyl/N-ethyl adjacent to an activating group) is 7. The zero-order valence-corrected chi connectivity index (χ0v) is 58.8. The summed E-state index contributed by atoms with van der Waals surface area (Å²) >= 11 is 0. The molecule has 510 valence electrons. The van der Waals surface area contributed by atoms with Crippen LogP contribution in [0.2, 0.25) is 0 Å². The predicted octanol–water partition coefficient (Wildman–Crippen LogP) is 4.40. The number of carbonyl (C=O) groups is 10. The van der Waals surface area contributed by atoms with Crippen LogP contribution in [-0.4, -0.2) is 232 Å². The highest BCUT2D eigenvalue weighted by atomic mass is 16.3. The number of hydrogen-bond acceptors (Lipinski definition) is 13. The molecule has 1 rings (SSSR count). The van der Waals surface area contributed by atoms with Gasteiger partial charge in [-0.15, -0.1) is 6.58 Å². The summed E-state index contributed by atoms with van der Waals surface area (Å²) in [6, 6.07) is -13.4. The van der Waals surface area contributed by atoms with Gasteiger partial charge in [0.2, 0.25) is 59.1 Å². The van der Waals surface area contributed by atoms with Gasteiger partial charge in [-0.25, -0.2) is 0 Å². The lowest BCUT2D eigenvalue weighted by molar-refractivity contribution is -0.158. The molecule has 10 amide bonds. The Kier molecular flexibility index (Phi) is 34.1. The van der Waals surface area contributed by atoms with Gasteiger partial charge in [0.15, 0.2) is 0 Å². The van der Waals surface area contributed by atoms with E-state index >= 15 is 14.4 Å². The average Bonchev–Trinajstić information content (AvgIpc) is 1.78. The van der Waals surface area contributed by atoms with Crippen molar-refractivity contribution in [1.29, 1.82) is 0 Å². The van der Waals surface area contributed by atoms with Crippen molar-refractivity contribution >= 4 is 59.1 Å². The number of aliphatic hydroxyl groups excluding tert-OH is 2. The zero-order chi connectivity index (χ0) is 69.0. The maximum atomic E-state index is 15.3. The number of rotatable bonds is 18. The van der Waals surface area contributed by atoms with Crippen LogP contribution in [0.25, 0.3) is 0 Å². The van der Waals surface area contributed by atoms with Crippen LogP contribution in [-0.2, 0) is 47.9 Å². The standard InChI is InChI=1S/C66H119N11O12/c1-26-29-31-43(16)55(78)54-59(82)69-46(28-3)61(84)72(20)48(30-27-2)62(85)73(21)49(34-38(6)7)58(81)70-52(41(12)13)65(88)71(19)47(33-32-37(4)5)57(80)67-44(17)56(79)68-45(18)60(83)74(22)50(35-39(8)9)63(86)75(23)51(36-40(10)11)64(87)76(24)53(42(14)15)66(89)77(54)25/h26-27,29,37-55,63,78,86H,2,28,30-36H2,1,3-25H3,(H,67,80)(H,68,79)(H,69,82)(H,70,81)/b29-26+/t43-,44+,45-,46+,47+,48?,49+,50+,51?,52+,53+,54+,55-,63?/m1/s1. The lowest BCUT2D eigenvalue weighted by Gasteiger charge is -2.43. The number of carbonyl (C=O) groups excluding carboxylic acids is 10. The van der Waals surface area contributed by atoms with E-state index in [0.29, 0.717) is 12.8 Å². The van der Waals surface area contributed by atoms with Crippen molar-refractivity contribution in [2.24, 2.45) is 41.4 Å². The Morgan fingerprint density at radius 1 is 0.506 bits per heavy atom. The van der Waals surface area contributed by atoms with Crippen LogP contribution < -0.4 is 21.3 Å². The number of amides is 10. The number of allylic oxidation sites excluding steroid dienone is 2. The smallest absolute Gasteiger partial charge is 0.246 e. The minimum atomic E-state index is -1.62. The summed E-state index contributed by atoms with van der Waals surface area (Å²) in [6.07, 6.45) is 3.58. The highest BCUT2D eigenvalue weighted by Gasteiger charge is 2.46. The second kappa shape index (κ2) is 37.4. The van der Waals surface area contributed by atoms with Crippen molar-refractivity contribution in [3.63, 3.8) is 0 Å². The van der Waals surface area contributed by atoms with E-state index in [-0.39, 0.29) is 62.2 Å². The second-order valence-electron chi connectivity index (χ2n) is 27.4. The van der Waals surface area contributed by atoms with Gasteiger partial charge >= 0.3 is 0 Å². The lowest BCUT2D eigenvalue weighted by Crippen LogP contribution is -2.64. The van der Waals surface area contributed by atoms with E-state index in [1.807, 2.05) is 68.4 Å². The van der Waals surface area contributed by atoms with E-state index in [0.717, 1.165) is 4.90 Å². The Morgan fingerprint density at radius 2 is 0.989 bits per heavy atom. The van der Waals surface area contributed by atoms with Crippen LogP contribution in [0.5, 0.6) is 0 Å². The number of aliphatic hydroxyl groups is 2. The van der Waals surface area contributed by atoms with Crippen molar-refractivity contribution < 1.29 is 58.2 Å². The van der Waals surface area contributed by atoms with Gasteiger partial charge in [0, 0.05) is 42.3 Å². The Labute approximate surface area is 534 Å². The Bertz CT molecular complexity index is 2400. The van der Waals surface area contributed by atoms with Crippen molar-refractivity contribution in [3.05, 3.63) is 24.8 Å². The quantitative estimate of drug-likeness (QED) is 0.104. The monoisotopic (exact) mass is 1260 g/mol. The fourth-order valence-electron chi connectivity index (χ4n) is 11.5. The maximum Gasteiger partial charge on any atom is 0.246 e. The summed E-state index contributed by atoms with van der Waals surface area (Å²) in [7, 11) is 10.2. The number of nitrogens with one attached hydrogen (secondary N) is 4. The molecule has 14 atom stereocenters. The van der Waals surface area contributed by atoms with E-state index in [1.54, 1.807) is 54.7 Å². The molecular formula is C66H119N11O12. The summed E-state index contributed by atoms with van der Waals surface area (Å²) in [5.74, 6) is -8.70. The number of nitrogens with zero attached hydrogens (tertiary/aromatic N) is 7. The molecule has 23 heteroatoms. The van der Waals surface area contributed by atoms with E-state index in [1.165, 1.54) is 91.6 Å². The van der Waals surface area contributed by atoms with Crippen LogP contribution in [0.1, 0.15) is 169 Å². The molecule has 0 aromatic carbocycles. The van der Waals surface area contributed by atoms with Crippen molar-refractivity contribution in [2.45, 2.75) is 248 Å². The molecule has 0 aromatic rings. The highest BCUT2D eigenvalue weighted by Crippen LogP contribution is 2.27. The first-order valence-electron chi connectivity index (χ1n) is 32.3. The normalized spacial score (nSPS) is 28.0. The first-order valence-corrected chi connectivity index (χ1v) is 32.3. The van der Waals surface area contributed by atoms with Crippen LogP contribution in [0.3, 0.4) is 0 Å². The molecule has 1 heterocycles. The van der Waals surface area contributed by atoms with E-state index in [4.69, 9.17) is 0 Å². The average molecular weight is 1260 g/mol. The molecule has 1 aliphatic heterocycles. The summed E-state index contributed by atoms with van der Waals surface area (Å²) in [4.78, 5) is 157.